The van der Waals surface area contributed by atoms with Crippen LogP contribution >= 0.6 is 0 Å². The molecule has 2 unspecified atom stereocenters. The van der Waals surface area contributed by atoms with Gasteiger partial charge in [0.05, 0.1) is 7.11 Å². The molecule has 1 aromatic heterocycles. The molecule has 0 saturated carbocycles. The summed E-state index contributed by atoms with van der Waals surface area (Å²) in [6.45, 7) is 3.32. The fourth-order valence-electron chi connectivity index (χ4n) is 6.03. The first-order chi connectivity index (χ1) is 22.2. The second-order valence-electron chi connectivity index (χ2n) is 11.6. The Kier molecular flexibility index (Phi) is 12.5. The average molecular weight is 610 g/mol. The molecular formula is C38H47N3O4. The molecule has 0 saturated heterocycles. The van der Waals surface area contributed by atoms with E-state index in [-0.39, 0.29) is 6.04 Å². The van der Waals surface area contributed by atoms with Crippen LogP contribution in [0.4, 0.5) is 0 Å². The van der Waals surface area contributed by atoms with Crippen molar-refractivity contribution in [3.05, 3.63) is 113 Å². The highest BCUT2D eigenvalue weighted by Gasteiger charge is 2.30. The van der Waals surface area contributed by atoms with Crippen LogP contribution in [0.1, 0.15) is 66.7 Å². The van der Waals surface area contributed by atoms with Gasteiger partial charge in [0.1, 0.15) is 19.8 Å². The number of fused-ring (bicyclic) bond motifs is 1. The van der Waals surface area contributed by atoms with Crippen molar-refractivity contribution in [3.63, 3.8) is 0 Å². The van der Waals surface area contributed by atoms with E-state index in [0.29, 0.717) is 37.4 Å². The largest absolute Gasteiger partial charge is 0.491 e. The van der Waals surface area contributed by atoms with Gasteiger partial charge >= 0.3 is 0 Å². The van der Waals surface area contributed by atoms with E-state index in [9.17, 15) is 0 Å². The van der Waals surface area contributed by atoms with Crippen LogP contribution in [0.25, 0.3) is 0 Å². The summed E-state index contributed by atoms with van der Waals surface area (Å²) in [5.41, 5.74) is 11.6. The number of nitrogens with zero attached hydrogens (tertiary/aromatic N) is 1. The topological polar surface area (TPSA) is 87.9 Å². The fraction of sp³-hybridized carbons (Fsp3) is 0.395. The van der Waals surface area contributed by atoms with Gasteiger partial charge in [0.2, 0.25) is 0 Å². The molecule has 7 nitrogen and oxygen atoms in total. The number of unbranched alkanes of at least 4 members (excludes halogenated alkanes) is 3. The van der Waals surface area contributed by atoms with E-state index in [1.807, 2.05) is 48.5 Å². The molecule has 7 heteroatoms. The maximum atomic E-state index is 6.74. The summed E-state index contributed by atoms with van der Waals surface area (Å²) in [6, 6.07) is 28.8. The second-order valence-corrected chi connectivity index (χ2v) is 11.6. The third kappa shape index (κ3) is 9.46. The van der Waals surface area contributed by atoms with Gasteiger partial charge in [0, 0.05) is 24.3 Å². The van der Waals surface area contributed by atoms with Crippen molar-refractivity contribution in [2.24, 2.45) is 5.73 Å². The van der Waals surface area contributed by atoms with Gasteiger partial charge in [-0.25, -0.2) is 4.98 Å². The molecule has 1 heterocycles. The van der Waals surface area contributed by atoms with Crippen LogP contribution in [0.2, 0.25) is 0 Å². The highest BCUT2D eigenvalue weighted by Crippen LogP contribution is 2.44. The molecule has 3 aromatic carbocycles. The Balaban J connectivity index is 1.11. The molecule has 1 aliphatic rings. The molecule has 0 aliphatic heterocycles. The van der Waals surface area contributed by atoms with Gasteiger partial charge in [0.25, 0.3) is 5.88 Å². The van der Waals surface area contributed by atoms with E-state index >= 15 is 0 Å². The third-order valence-electron chi connectivity index (χ3n) is 8.46. The molecule has 45 heavy (non-hydrogen) atoms. The molecule has 1 aliphatic carbocycles. The van der Waals surface area contributed by atoms with Crippen molar-refractivity contribution in [2.45, 2.75) is 70.1 Å². The van der Waals surface area contributed by atoms with Crippen molar-refractivity contribution < 1.29 is 18.9 Å². The van der Waals surface area contributed by atoms with Crippen molar-refractivity contribution >= 4 is 0 Å². The first-order valence-electron chi connectivity index (χ1n) is 16.3. The number of hydrogen-bond donors (Lipinski definition) is 2. The number of ether oxygens (including phenoxy) is 4. The van der Waals surface area contributed by atoms with Gasteiger partial charge in [-0.05, 0) is 73.0 Å². The zero-order chi connectivity index (χ0) is 31.1. The molecule has 0 fully saturated rings. The highest BCUT2D eigenvalue weighted by atomic mass is 16.5. The Bertz CT molecular complexity index is 1430. The Labute approximate surface area is 268 Å². The van der Waals surface area contributed by atoms with Gasteiger partial charge in [-0.3, -0.25) is 0 Å². The van der Waals surface area contributed by atoms with Gasteiger partial charge in [0.15, 0.2) is 17.2 Å². The summed E-state index contributed by atoms with van der Waals surface area (Å²) in [6.07, 6.45) is 9.34. The smallest absolute Gasteiger partial charge is 0.257 e. The lowest BCUT2D eigenvalue weighted by Crippen LogP contribution is -2.33. The molecule has 238 valence electrons. The molecule has 3 N–H and O–H groups in total. The van der Waals surface area contributed by atoms with E-state index < -0.39 is 0 Å². The molecule has 4 aromatic rings. The lowest BCUT2D eigenvalue weighted by Gasteiger charge is -2.33. The first kappa shape index (κ1) is 32.3. The van der Waals surface area contributed by atoms with Crippen molar-refractivity contribution in [3.8, 4) is 23.1 Å². The van der Waals surface area contributed by atoms with Crippen molar-refractivity contribution in [1.82, 2.24) is 10.3 Å². The predicted octanol–water partition coefficient (Wildman–Crippen LogP) is 7.22. The summed E-state index contributed by atoms with van der Waals surface area (Å²) in [5, 5.41) is 3.47. The monoisotopic (exact) mass is 609 g/mol. The molecule has 0 radical (unpaired) electrons. The molecule has 0 spiro atoms. The number of methoxy groups -OCH3 is 1. The second kappa shape index (κ2) is 17.4. The lowest BCUT2D eigenvalue weighted by molar-refractivity contribution is 0.251. The first-order valence-corrected chi connectivity index (χ1v) is 16.3. The zero-order valence-corrected chi connectivity index (χ0v) is 26.5. The van der Waals surface area contributed by atoms with E-state index in [2.05, 4.69) is 46.7 Å². The maximum absolute atomic E-state index is 6.74. The SMILES string of the molecule is COc1cccnc1OCCNCCCCCCC1c2ccc(OCc3ccccc3)c(OCc3ccccc3)c2CCC1N. The van der Waals surface area contributed by atoms with Gasteiger partial charge in [-0.1, -0.05) is 86.0 Å². The van der Waals surface area contributed by atoms with Gasteiger partial charge in [-0.2, -0.15) is 0 Å². The summed E-state index contributed by atoms with van der Waals surface area (Å²) < 4.78 is 23.9. The lowest BCUT2D eigenvalue weighted by atomic mass is 9.76. The number of nitrogens with two attached hydrogens (primary N) is 1. The number of aromatic nitrogens is 1. The number of nitrogens with one attached hydrogen (secondary N) is 1. The molecule has 5 rings (SSSR count). The number of pyridine rings is 1. The van der Waals surface area contributed by atoms with E-state index in [1.54, 1.807) is 13.3 Å². The molecular weight excluding hydrogens is 562 g/mol. The van der Waals surface area contributed by atoms with Gasteiger partial charge in [-0.15, -0.1) is 0 Å². The number of rotatable bonds is 18. The highest BCUT2D eigenvalue weighted by molar-refractivity contribution is 5.53. The number of benzene rings is 3. The quantitative estimate of drug-likeness (QED) is 0.115. The van der Waals surface area contributed by atoms with Crippen LogP contribution in [-0.2, 0) is 19.6 Å². The van der Waals surface area contributed by atoms with E-state index in [4.69, 9.17) is 24.7 Å². The minimum absolute atomic E-state index is 0.162. The fourth-order valence-corrected chi connectivity index (χ4v) is 6.03. The summed E-state index contributed by atoms with van der Waals surface area (Å²) >= 11 is 0. The van der Waals surface area contributed by atoms with Crippen LogP contribution < -0.4 is 30.0 Å². The molecule has 2 atom stereocenters. The molecule has 0 bridgehead atoms. The van der Waals surface area contributed by atoms with Crippen LogP contribution in [0.5, 0.6) is 23.1 Å². The Morgan fingerprint density at radius 3 is 2.24 bits per heavy atom. The van der Waals surface area contributed by atoms with Crippen LogP contribution in [-0.4, -0.2) is 37.8 Å². The summed E-state index contributed by atoms with van der Waals surface area (Å²) in [7, 11) is 1.63. The summed E-state index contributed by atoms with van der Waals surface area (Å²) in [4.78, 5) is 4.23. The minimum atomic E-state index is 0.162. The standard InChI is InChI=1S/C38H47N3O4/c1-42-36-18-12-24-41-38(36)43-26-25-40-23-11-3-2-10-17-32-31-20-22-35(44-27-29-13-6-4-7-14-29)37(33(31)19-21-34(32)39)45-28-30-15-8-5-9-16-30/h4-9,12-16,18,20,22,24,32,34,40H,2-3,10-11,17,19,21,23,25-28,39H2,1H3. The third-order valence-corrected chi connectivity index (χ3v) is 8.46. The zero-order valence-electron chi connectivity index (χ0n) is 26.5. The number of hydrogen-bond acceptors (Lipinski definition) is 7. The predicted molar refractivity (Wildman–Crippen MR) is 179 cm³/mol. The maximum Gasteiger partial charge on any atom is 0.257 e. The Morgan fingerprint density at radius 1 is 0.756 bits per heavy atom. The van der Waals surface area contributed by atoms with E-state index in [1.165, 1.54) is 24.0 Å². The van der Waals surface area contributed by atoms with Crippen molar-refractivity contribution in [2.75, 3.05) is 26.8 Å². The normalized spacial score (nSPS) is 15.7. The van der Waals surface area contributed by atoms with Crippen LogP contribution in [0.3, 0.4) is 0 Å². The Morgan fingerprint density at radius 2 is 1.49 bits per heavy atom. The van der Waals surface area contributed by atoms with Crippen LogP contribution in [0, 0.1) is 0 Å². The molecule has 0 amide bonds. The van der Waals surface area contributed by atoms with Crippen LogP contribution in [0.15, 0.2) is 91.1 Å². The average Bonchev–Trinajstić information content (AvgIpc) is 3.09. The Hall–Kier alpha value is -4.07. The minimum Gasteiger partial charge on any atom is -0.491 e. The van der Waals surface area contributed by atoms with Gasteiger partial charge < -0.3 is 30.0 Å². The summed E-state index contributed by atoms with van der Waals surface area (Å²) in [5.74, 6) is 3.20. The van der Waals surface area contributed by atoms with E-state index in [0.717, 1.165) is 67.8 Å². The van der Waals surface area contributed by atoms with Crippen molar-refractivity contribution in [1.29, 1.82) is 0 Å².